The lowest BCUT2D eigenvalue weighted by atomic mass is 9.92. The molecular formula is C26H36N2O4S2. The normalized spacial score (nSPS) is 23.9. The molecule has 2 fully saturated rings. The van der Waals surface area contributed by atoms with E-state index in [4.69, 9.17) is 9.47 Å². The van der Waals surface area contributed by atoms with Crippen LogP contribution in [-0.4, -0.2) is 71.2 Å². The number of amides is 2. The quantitative estimate of drug-likeness (QED) is 0.513. The zero-order valence-corrected chi connectivity index (χ0v) is 22.3. The molecule has 0 saturated carbocycles. The van der Waals surface area contributed by atoms with Crippen LogP contribution in [0, 0.1) is 0 Å². The van der Waals surface area contributed by atoms with Crippen LogP contribution in [-0.2, 0) is 9.47 Å². The maximum absolute atomic E-state index is 13.6. The van der Waals surface area contributed by atoms with E-state index in [1.54, 1.807) is 0 Å². The number of carbonyl (C=O) groups excluding carboxylic acids is 2. The van der Waals surface area contributed by atoms with E-state index < -0.39 is 0 Å². The molecule has 0 aromatic carbocycles. The Kier molecular flexibility index (Phi) is 7.82. The van der Waals surface area contributed by atoms with Gasteiger partial charge in [0.15, 0.2) is 0 Å². The Morgan fingerprint density at radius 2 is 1.24 bits per heavy atom. The van der Waals surface area contributed by atoms with Crippen molar-refractivity contribution >= 4 is 34.5 Å². The van der Waals surface area contributed by atoms with Gasteiger partial charge in [-0.3, -0.25) is 9.59 Å². The van der Waals surface area contributed by atoms with E-state index in [-0.39, 0.29) is 35.1 Å². The van der Waals surface area contributed by atoms with Crippen molar-refractivity contribution in [3.63, 3.8) is 0 Å². The van der Waals surface area contributed by atoms with E-state index in [9.17, 15) is 9.59 Å². The van der Waals surface area contributed by atoms with Gasteiger partial charge in [-0.2, -0.15) is 0 Å². The van der Waals surface area contributed by atoms with Crippen molar-refractivity contribution in [1.29, 1.82) is 0 Å². The maximum atomic E-state index is 13.6. The van der Waals surface area contributed by atoms with Gasteiger partial charge in [0, 0.05) is 38.4 Å². The second-order valence-electron chi connectivity index (χ2n) is 10.5. The highest BCUT2D eigenvalue weighted by atomic mass is 32.1. The highest BCUT2D eigenvalue weighted by Crippen LogP contribution is 2.31. The zero-order valence-electron chi connectivity index (χ0n) is 20.6. The minimum Gasteiger partial charge on any atom is -0.375 e. The summed E-state index contributed by atoms with van der Waals surface area (Å²) in [6.07, 6.45) is 3.19. The molecule has 0 spiro atoms. The Balaban J connectivity index is 1.57. The molecule has 0 bridgehead atoms. The van der Waals surface area contributed by atoms with Gasteiger partial charge in [0.2, 0.25) is 0 Å². The molecule has 2 saturated heterocycles. The van der Waals surface area contributed by atoms with Crippen LogP contribution in [0.4, 0.5) is 0 Å². The molecule has 2 aliphatic heterocycles. The van der Waals surface area contributed by atoms with Crippen molar-refractivity contribution in [3.05, 3.63) is 44.8 Å². The Hall–Kier alpha value is -1.74. The molecule has 0 radical (unpaired) electrons. The Labute approximate surface area is 210 Å². The SMILES string of the molecule is CC1(C)CC(N(CCN(C(=O)c2cccs2)C2CCOC(C)(C)C2)C(=O)c2cccs2)CCO1. The third kappa shape index (κ3) is 6.08. The first kappa shape index (κ1) is 25.4. The number of thiophene rings is 2. The van der Waals surface area contributed by atoms with Gasteiger partial charge in [0.05, 0.1) is 21.0 Å². The topological polar surface area (TPSA) is 59.1 Å². The summed E-state index contributed by atoms with van der Waals surface area (Å²) in [5, 5.41) is 3.88. The number of hydrogen-bond donors (Lipinski definition) is 0. The first-order chi connectivity index (χ1) is 16.2. The second-order valence-corrected chi connectivity index (χ2v) is 12.4. The monoisotopic (exact) mass is 504 g/mol. The standard InChI is InChI=1S/C26H36N2O4S2/c1-25(2)17-19(9-13-31-25)27(23(29)21-7-5-15-33-21)11-12-28(24(30)22-8-6-16-34-22)20-10-14-32-26(3,4)18-20/h5-8,15-16,19-20H,9-14,17-18H2,1-4H3. The summed E-state index contributed by atoms with van der Waals surface area (Å²) in [5.41, 5.74) is -0.539. The maximum Gasteiger partial charge on any atom is 0.264 e. The molecule has 4 rings (SSSR count). The van der Waals surface area contributed by atoms with Crippen molar-refractivity contribution in [2.24, 2.45) is 0 Å². The molecule has 2 aromatic rings. The Morgan fingerprint density at radius 3 is 1.56 bits per heavy atom. The van der Waals surface area contributed by atoms with Crippen molar-refractivity contribution in [3.8, 4) is 0 Å². The molecule has 34 heavy (non-hydrogen) atoms. The van der Waals surface area contributed by atoms with Gasteiger partial charge in [-0.15, -0.1) is 22.7 Å². The average molecular weight is 505 g/mol. The number of nitrogens with zero attached hydrogens (tertiary/aromatic N) is 2. The molecule has 186 valence electrons. The first-order valence-electron chi connectivity index (χ1n) is 12.1. The van der Waals surface area contributed by atoms with Crippen molar-refractivity contribution in [2.75, 3.05) is 26.3 Å². The fraction of sp³-hybridized carbons (Fsp3) is 0.615. The van der Waals surface area contributed by atoms with Crippen LogP contribution in [0.15, 0.2) is 35.0 Å². The Morgan fingerprint density at radius 1 is 0.824 bits per heavy atom. The summed E-state index contributed by atoms with van der Waals surface area (Å²) in [6, 6.07) is 7.79. The Bertz CT molecular complexity index is 877. The average Bonchev–Trinajstić information content (AvgIpc) is 3.49. The van der Waals surface area contributed by atoms with E-state index in [1.807, 2.05) is 44.8 Å². The molecule has 4 heterocycles. The minimum absolute atomic E-state index is 0.0496. The molecule has 6 nitrogen and oxygen atoms in total. The summed E-state index contributed by atoms with van der Waals surface area (Å²) >= 11 is 2.94. The zero-order chi connectivity index (χ0) is 24.3. The summed E-state index contributed by atoms with van der Waals surface area (Å²) < 4.78 is 11.9. The van der Waals surface area contributed by atoms with Gasteiger partial charge in [0.1, 0.15) is 0 Å². The molecule has 2 amide bonds. The number of rotatable bonds is 7. The third-order valence-corrected chi connectivity index (χ3v) is 8.51. The lowest BCUT2D eigenvalue weighted by Crippen LogP contribution is -2.54. The minimum atomic E-state index is -0.270. The summed E-state index contributed by atoms with van der Waals surface area (Å²) in [7, 11) is 0. The molecule has 2 aliphatic rings. The number of carbonyl (C=O) groups is 2. The first-order valence-corrected chi connectivity index (χ1v) is 13.9. The summed E-state index contributed by atoms with van der Waals surface area (Å²) in [4.78, 5) is 32.6. The summed E-state index contributed by atoms with van der Waals surface area (Å²) in [5.74, 6) is 0.0991. The van der Waals surface area contributed by atoms with Crippen LogP contribution in [0.1, 0.15) is 72.7 Å². The van der Waals surface area contributed by atoms with Crippen LogP contribution in [0.3, 0.4) is 0 Å². The van der Waals surface area contributed by atoms with E-state index in [0.717, 1.165) is 35.4 Å². The van der Waals surface area contributed by atoms with Crippen molar-refractivity contribution < 1.29 is 19.1 Å². The molecule has 0 aliphatic carbocycles. The lowest BCUT2D eigenvalue weighted by Gasteiger charge is -2.44. The smallest absolute Gasteiger partial charge is 0.264 e. The lowest BCUT2D eigenvalue weighted by molar-refractivity contribution is -0.0847. The van der Waals surface area contributed by atoms with Crippen molar-refractivity contribution in [2.45, 2.75) is 76.7 Å². The predicted octanol–water partition coefficient (Wildman–Crippen LogP) is 5.31. The van der Waals surface area contributed by atoms with E-state index in [2.05, 4.69) is 27.7 Å². The largest absolute Gasteiger partial charge is 0.375 e. The number of ether oxygens (including phenoxy) is 2. The summed E-state index contributed by atoms with van der Waals surface area (Å²) in [6.45, 7) is 10.6. The van der Waals surface area contributed by atoms with Crippen LogP contribution in [0.2, 0.25) is 0 Å². The number of hydrogen-bond acceptors (Lipinski definition) is 6. The van der Waals surface area contributed by atoms with Gasteiger partial charge in [-0.25, -0.2) is 0 Å². The predicted molar refractivity (Wildman–Crippen MR) is 137 cm³/mol. The van der Waals surface area contributed by atoms with Gasteiger partial charge < -0.3 is 19.3 Å². The second kappa shape index (κ2) is 10.5. The van der Waals surface area contributed by atoms with Gasteiger partial charge in [-0.05, 0) is 76.3 Å². The highest BCUT2D eigenvalue weighted by molar-refractivity contribution is 7.12. The van der Waals surface area contributed by atoms with E-state index in [0.29, 0.717) is 26.3 Å². The van der Waals surface area contributed by atoms with Crippen LogP contribution in [0.5, 0.6) is 0 Å². The fourth-order valence-corrected chi connectivity index (χ4v) is 6.49. The molecule has 2 unspecified atom stereocenters. The van der Waals surface area contributed by atoms with Crippen LogP contribution in [0.25, 0.3) is 0 Å². The van der Waals surface area contributed by atoms with E-state index in [1.165, 1.54) is 22.7 Å². The van der Waals surface area contributed by atoms with Gasteiger partial charge >= 0.3 is 0 Å². The molecule has 0 N–H and O–H groups in total. The van der Waals surface area contributed by atoms with Gasteiger partial charge in [-0.1, -0.05) is 12.1 Å². The molecule has 2 aromatic heterocycles. The van der Waals surface area contributed by atoms with Crippen LogP contribution >= 0.6 is 22.7 Å². The van der Waals surface area contributed by atoms with Crippen LogP contribution < -0.4 is 0 Å². The molecule has 8 heteroatoms. The van der Waals surface area contributed by atoms with E-state index >= 15 is 0 Å². The highest BCUT2D eigenvalue weighted by Gasteiger charge is 2.38. The third-order valence-electron chi connectivity index (χ3n) is 6.79. The fourth-order valence-electron chi connectivity index (χ4n) is 5.13. The van der Waals surface area contributed by atoms with Gasteiger partial charge in [0.25, 0.3) is 11.8 Å². The molecular weight excluding hydrogens is 468 g/mol. The van der Waals surface area contributed by atoms with Crippen molar-refractivity contribution in [1.82, 2.24) is 9.80 Å². The molecule has 2 atom stereocenters.